The first-order valence-electron chi connectivity index (χ1n) is 4.35. The Morgan fingerprint density at radius 1 is 1.00 bits per heavy atom. The monoisotopic (exact) mass is 236 g/mol. The highest BCUT2D eigenvalue weighted by Crippen LogP contribution is 1.83. The zero-order valence-corrected chi connectivity index (χ0v) is 9.91. The molecule has 2 atom stereocenters. The van der Waals surface area contributed by atoms with Crippen molar-refractivity contribution < 1.29 is 10.2 Å². The minimum Gasteiger partial charge on any atom is -0.392 e. The molecule has 14 heavy (non-hydrogen) atoms. The first-order valence-corrected chi connectivity index (χ1v) is 5.17. The van der Waals surface area contributed by atoms with Crippen LogP contribution >= 0.6 is 24.4 Å². The molecule has 0 amide bonds. The van der Waals surface area contributed by atoms with E-state index in [1.165, 1.54) is 0 Å². The van der Waals surface area contributed by atoms with Crippen LogP contribution in [0.3, 0.4) is 0 Å². The van der Waals surface area contributed by atoms with E-state index >= 15 is 0 Å². The molecular formula is C8H16N2O2S2. The van der Waals surface area contributed by atoms with Crippen molar-refractivity contribution in [2.24, 2.45) is 0 Å². The van der Waals surface area contributed by atoms with Crippen LogP contribution in [0.5, 0.6) is 0 Å². The molecule has 0 aromatic heterocycles. The van der Waals surface area contributed by atoms with Gasteiger partial charge in [-0.2, -0.15) is 0 Å². The second-order valence-corrected chi connectivity index (χ2v) is 3.93. The van der Waals surface area contributed by atoms with E-state index in [2.05, 4.69) is 10.6 Å². The molecule has 0 radical (unpaired) electrons. The predicted octanol–water partition coefficient (Wildman–Crippen LogP) is -0.418. The Labute approximate surface area is 94.7 Å². The van der Waals surface area contributed by atoms with Gasteiger partial charge in [-0.3, -0.25) is 0 Å². The van der Waals surface area contributed by atoms with Gasteiger partial charge in [0.25, 0.3) is 0 Å². The molecule has 0 aromatic rings. The van der Waals surface area contributed by atoms with Crippen molar-refractivity contribution in [2.75, 3.05) is 13.1 Å². The summed E-state index contributed by atoms with van der Waals surface area (Å²) in [7, 11) is 0. The molecule has 4 nitrogen and oxygen atoms in total. The number of hydrogen-bond donors (Lipinski definition) is 4. The van der Waals surface area contributed by atoms with Gasteiger partial charge in [0.1, 0.15) is 9.98 Å². The third kappa shape index (κ3) is 7.14. The fourth-order valence-electron chi connectivity index (χ4n) is 0.641. The van der Waals surface area contributed by atoms with Gasteiger partial charge < -0.3 is 20.8 Å². The molecule has 0 rings (SSSR count). The van der Waals surface area contributed by atoms with E-state index in [9.17, 15) is 0 Å². The molecule has 0 unspecified atom stereocenters. The number of aliphatic hydroxyl groups excluding tert-OH is 2. The van der Waals surface area contributed by atoms with Gasteiger partial charge in [0.2, 0.25) is 0 Å². The molecule has 4 N–H and O–H groups in total. The van der Waals surface area contributed by atoms with Gasteiger partial charge in [0.15, 0.2) is 0 Å². The Morgan fingerprint density at radius 3 is 1.50 bits per heavy atom. The molecule has 0 bridgehead atoms. The average Bonchev–Trinajstić information content (AvgIpc) is 2.09. The van der Waals surface area contributed by atoms with Crippen molar-refractivity contribution >= 4 is 34.4 Å². The highest BCUT2D eigenvalue weighted by molar-refractivity contribution is 7.89. The van der Waals surface area contributed by atoms with Crippen LogP contribution in [0.25, 0.3) is 0 Å². The van der Waals surface area contributed by atoms with Gasteiger partial charge in [-0.1, -0.05) is 24.4 Å². The van der Waals surface area contributed by atoms with Crippen molar-refractivity contribution in [3.8, 4) is 0 Å². The number of aliphatic hydroxyl groups is 2. The van der Waals surface area contributed by atoms with Gasteiger partial charge in [0.05, 0.1) is 12.2 Å². The SMILES string of the molecule is C[C@H](O)CNC(=S)C(=S)NC[C@@H](C)O. The first-order chi connectivity index (χ1) is 6.43. The predicted molar refractivity (Wildman–Crippen MR) is 64.6 cm³/mol. The molecule has 0 fully saturated rings. The van der Waals surface area contributed by atoms with Crippen LogP contribution < -0.4 is 10.6 Å². The topological polar surface area (TPSA) is 64.5 Å². The Hall–Kier alpha value is -0.300. The van der Waals surface area contributed by atoms with Gasteiger partial charge in [-0.05, 0) is 13.8 Å². The van der Waals surface area contributed by atoms with E-state index < -0.39 is 12.2 Å². The lowest BCUT2D eigenvalue weighted by atomic mass is 10.4. The maximum absolute atomic E-state index is 8.98. The molecule has 0 aliphatic carbocycles. The summed E-state index contributed by atoms with van der Waals surface area (Å²) in [5, 5.41) is 23.6. The fraction of sp³-hybridized carbons (Fsp3) is 0.750. The van der Waals surface area contributed by atoms with Crippen LogP contribution in [-0.2, 0) is 0 Å². The molecule has 0 spiro atoms. The molecule has 82 valence electrons. The Bertz CT molecular complexity index is 186. The summed E-state index contributed by atoms with van der Waals surface area (Å²) < 4.78 is 0. The summed E-state index contributed by atoms with van der Waals surface area (Å²) in [5.41, 5.74) is 0. The molecule has 0 aliphatic heterocycles. The van der Waals surface area contributed by atoms with Gasteiger partial charge in [-0.15, -0.1) is 0 Å². The number of thiocarbonyl (C=S) groups is 2. The van der Waals surface area contributed by atoms with E-state index in [0.29, 0.717) is 23.1 Å². The van der Waals surface area contributed by atoms with Crippen LogP contribution in [0.4, 0.5) is 0 Å². The Morgan fingerprint density at radius 2 is 1.29 bits per heavy atom. The van der Waals surface area contributed by atoms with E-state index in [-0.39, 0.29) is 0 Å². The molecule has 0 aliphatic rings. The molecular weight excluding hydrogens is 220 g/mol. The second kappa shape index (κ2) is 7.05. The van der Waals surface area contributed by atoms with Gasteiger partial charge >= 0.3 is 0 Å². The number of hydrogen-bond acceptors (Lipinski definition) is 4. The summed E-state index contributed by atoms with van der Waals surface area (Å²) in [6.07, 6.45) is -0.931. The summed E-state index contributed by atoms with van der Waals surface area (Å²) in [6.45, 7) is 4.05. The lowest BCUT2D eigenvalue weighted by molar-refractivity contribution is 0.197. The molecule has 0 heterocycles. The van der Waals surface area contributed by atoms with E-state index in [1.54, 1.807) is 13.8 Å². The zero-order chi connectivity index (χ0) is 11.1. The standard InChI is InChI=1S/C8H16N2O2S2/c1-5(11)3-9-7(13)8(14)10-4-6(2)12/h5-6,11-12H,3-4H2,1-2H3,(H,9,13)(H,10,14)/t5-,6+. The minimum absolute atomic E-state index is 0.370. The van der Waals surface area contributed by atoms with Gasteiger partial charge in [-0.25, -0.2) is 0 Å². The fourth-order valence-corrected chi connectivity index (χ4v) is 0.952. The molecule has 0 saturated heterocycles. The average molecular weight is 236 g/mol. The van der Waals surface area contributed by atoms with E-state index in [4.69, 9.17) is 34.6 Å². The van der Waals surface area contributed by atoms with E-state index in [1.807, 2.05) is 0 Å². The van der Waals surface area contributed by atoms with Crippen LogP contribution in [0.15, 0.2) is 0 Å². The summed E-state index contributed by atoms with van der Waals surface area (Å²) in [6, 6.07) is 0. The molecule has 0 aromatic carbocycles. The second-order valence-electron chi connectivity index (χ2n) is 3.12. The minimum atomic E-state index is -0.465. The lowest BCUT2D eigenvalue weighted by Crippen LogP contribution is -2.41. The summed E-state index contributed by atoms with van der Waals surface area (Å²) in [4.78, 5) is 0.781. The van der Waals surface area contributed by atoms with Crippen molar-refractivity contribution in [1.82, 2.24) is 10.6 Å². The molecule has 6 heteroatoms. The van der Waals surface area contributed by atoms with Crippen LogP contribution in [0.2, 0.25) is 0 Å². The summed E-state index contributed by atoms with van der Waals surface area (Å²) in [5.74, 6) is 0. The van der Waals surface area contributed by atoms with Crippen molar-refractivity contribution in [2.45, 2.75) is 26.1 Å². The van der Waals surface area contributed by atoms with Crippen LogP contribution in [0, 0.1) is 0 Å². The molecule has 0 saturated carbocycles. The first kappa shape index (κ1) is 13.7. The van der Waals surface area contributed by atoms with Crippen LogP contribution in [0.1, 0.15) is 13.8 Å². The van der Waals surface area contributed by atoms with Gasteiger partial charge in [0, 0.05) is 13.1 Å². The highest BCUT2D eigenvalue weighted by Gasteiger charge is 2.05. The highest BCUT2D eigenvalue weighted by atomic mass is 32.1. The van der Waals surface area contributed by atoms with E-state index in [0.717, 1.165) is 0 Å². The quantitative estimate of drug-likeness (QED) is 0.497. The van der Waals surface area contributed by atoms with Crippen molar-refractivity contribution in [3.05, 3.63) is 0 Å². The third-order valence-corrected chi connectivity index (χ3v) is 2.15. The normalized spacial score (nSPS) is 14.3. The van der Waals surface area contributed by atoms with Crippen molar-refractivity contribution in [3.63, 3.8) is 0 Å². The maximum atomic E-state index is 8.98. The smallest absolute Gasteiger partial charge is 0.134 e. The largest absolute Gasteiger partial charge is 0.392 e. The van der Waals surface area contributed by atoms with Crippen molar-refractivity contribution in [1.29, 1.82) is 0 Å². The maximum Gasteiger partial charge on any atom is 0.134 e. The van der Waals surface area contributed by atoms with Crippen LogP contribution in [-0.4, -0.2) is 45.5 Å². The number of rotatable bonds is 4. The third-order valence-electron chi connectivity index (χ3n) is 1.32. The Balaban J connectivity index is 3.71. The number of nitrogens with one attached hydrogen (secondary N) is 2. The lowest BCUT2D eigenvalue weighted by Gasteiger charge is -2.13. The Kier molecular flexibility index (Phi) is 6.90. The zero-order valence-electron chi connectivity index (χ0n) is 8.28. The summed E-state index contributed by atoms with van der Waals surface area (Å²) >= 11 is 9.88.